The lowest BCUT2D eigenvalue weighted by Gasteiger charge is -2.25. The molecular weight excluding hydrogens is 237 g/mol. The minimum absolute atomic E-state index is 0.431. The number of aliphatic carboxylic acids is 1. The van der Waals surface area contributed by atoms with Gasteiger partial charge < -0.3 is 10.4 Å². The van der Waals surface area contributed by atoms with Gasteiger partial charge in [-0.15, -0.1) is 0 Å². The largest absolute Gasteiger partial charge is 0.480 e. The molecule has 5 heteroatoms. The highest BCUT2D eigenvalue weighted by molar-refractivity contribution is 5.90. The number of carboxylic acid groups (broad SMARTS) is 1. The molecule has 0 aromatic heterocycles. The van der Waals surface area contributed by atoms with Crippen LogP contribution in [0.5, 0.6) is 0 Å². The predicted octanol–water partition coefficient (Wildman–Crippen LogP) is 1.69. The molecule has 0 fully saturated rings. The van der Waals surface area contributed by atoms with Gasteiger partial charge in [0.25, 0.3) is 0 Å². The Bertz CT molecular complexity index is 471. The number of carbonyl (C=O) groups is 2. The van der Waals surface area contributed by atoms with E-state index in [0.717, 1.165) is 0 Å². The van der Waals surface area contributed by atoms with Crippen molar-refractivity contribution in [2.75, 3.05) is 0 Å². The van der Waals surface area contributed by atoms with E-state index >= 15 is 0 Å². The summed E-state index contributed by atoms with van der Waals surface area (Å²) in [7, 11) is 0. The molecule has 1 atom stereocenters. The summed E-state index contributed by atoms with van der Waals surface area (Å²) < 4.78 is 13.1. The zero-order valence-corrected chi connectivity index (χ0v) is 10.5. The molecule has 0 aliphatic carbocycles. The van der Waals surface area contributed by atoms with Crippen LogP contribution in [-0.2, 0) is 15.0 Å². The second-order valence-corrected chi connectivity index (χ2v) is 4.67. The van der Waals surface area contributed by atoms with Crippen molar-refractivity contribution in [1.82, 2.24) is 5.32 Å². The fraction of sp³-hybridized carbons (Fsp3) is 0.385. The van der Waals surface area contributed by atoms with Gasteiger partial charge in [0.05, 0.1) is 5.41 Å². The summed E-state index contributed by atoms with van der Waals surface area (Å²) in [6, 6.07) is 4.72. The topological polar surface area (TPSA) is 66.4 Å². The lowest BCUT2D eigenvalue weighted by atomic mass is 9.83. The predicted molar refractivity (Wildman–Crippen MR) is 64.7 cm³/mol. The molecule has 0 aliphatic heterocycles. The second-order valence-electron chi connectivity index (χ2n) is 4.67. The van der Waals surface area contributed by atoms with Gasteiger partial charge in [0, 0.05) is 0 Å². The fourth-order valence-electron chi connectivity index (χ4n) is 1.45. The first kappa shape index (κ1) is 14.2. The van der Waals surface area contributed by atoms with Crippen LogP contribution in [0, 0.1) is 5.82 Å². The Balaban J connectivity index is 2.92. The van der Waals surface area contributed by atoms with E-state index in [4.69, 9.17) is 5.11 Å². The molecule has 0 bridgehead atoms. The Morgan fingerprint density at radius 2 is 2.00 bits per heavy atom. The van der Waals surface area contributed by atoms with Crippen molar-refractivity contribution in [2.45, 2.75) is 32.2 Å². The normalized spacial score (nSPS) is 12.9. The zero-order valence-electron chi connectivity index (χ0n) is 10.5. The third-order valence-corrected chi connectivity index (χ3v) is 2.83. The molecule has 1 rings (SSSR count). The van der Waals surface area contributed by atoms with Crippen LogP contribution in [0.4, 0.5) is 4.39 Å². The number of rotatable bonds is 4. The van der Waals surface area contributed by atoms with Crippen LogP contribution < -0.4 is 5.32 Å². The quantitative estimate of drug-likeness (QED) is 0.858. The Kier molecular flexibility index (Phi) is 4.06. The number of amides is 1. The van der Waals surface area contributed by atoms with Gasteiger partial charge in [-0.25, -0.2) is 4.39 Å². The molecular formula is C13H16FNO3. The first-order valence-electron chi connectivity index (χ1n) is 5.55. The second kappa shape index (κ2) is 5.16. The monoisotopic (exact) mass is 253 g/mol. The van der Waals surface area contributed by atoms with Crippen LogP contribution in [0.1, 0.15) is 26.3 Å². The van der Waals surface area contributed by atoms with Crippen LogP contribution in [0.15, 0.2) is 24.3 Å². The maximum absolute atomic E-state index is 13.1. The maximum Gasteiger partial charge on any atom is 0.325 e. The van der Waals surface area contributed by atoms with Gasteiger partial charge in [0.15, 0.2) is 0 Å². The van der Waals surface area contributed by atoms with E-state index in [1.54, 1.807) is 19.9 Å². The third kappa shape index (κ3) is 3.06. The molecule has 0 saturated heterocycles. The molecule has 0 saturated carbocycles. The first-order chi connectivity index (χ1) is 8.25. The van der Waals surface area contributed by atoms with E-state index in [1.807, 2.05) is 0 Å². The summed E-state index contributed by atoms with van der Waals surface area (Å²) in [4.78, 5) is 22.7. The van der Waals surface area contributed by atoms with Gasteiger partial charge in [-0.1, -0.05) is 12.1 Å². The molecule has 1 aromatic rings. The Hall–Kier alpha value is -1.91. The number of carbonyl (C=O) groups excluding carboxylic acids is 1. The van der Waals surface area contributed by atoms with Gasteiger partial charge >= 0.3 is 5.97 Å². The number of carboxylic acids is 1. The van der Waals surface area contributed by atoms with Gasteiger partial charge in [0.2, 0.25) is 5.91 Å². The van der Waals surface area contributed by atoms with Crippen molar-refractivity contribution in [2.24, 2.45) is 0 Å². The van der Waals surface area contributed by atoms with Gasteiger partial charge in [-0.3, -0.25) is 9.59 Å². The van der Waals surface area contributed by atoms with Crippen LogP contribution in [-0.4, -0.2) is 23.0 Å². The summed E-state index contributed by atoms with van der Waals surface area (Å²) in [6.45, 7) is 4.61. The van der Waals surface area contributed by atoms with Crippen molar-refractivity contribution < 1.29 is 19.1 Å². The Morgan fingerprint density at radius 1 is 1.39 bits per heavy atom. The van der Waals surface area contributed by atoms with Crippen molar-refractivity contribution in [3.63, 3.8) is 0 Å². The van der Waals surface area contributed by atoms with Crippen molar-refractivity contribution in [3.05, 3.63) is 35.6 Å². The average molecular weight is 253 g/mol. The average Bonchev–Trinajstić information content (AvgIpc) is 2.28. The number of halogens is 1. The number of nitrogens with one attached hydrogen (secondary N) is 1. The molecule has 0 unspecified atom stereocenters. The standard InChI is InChI=1S/C13H16FNO3/c1-8(11(16)17)15-12(18)13(2,3)9-5-4-6-10(14)7-9/h4-8H,1-3H3,(H,15,18)(H,16,17)/t8-/m1/s1. The molecule has 1 aromatic carbocycles. The van der Waals surface area contributed by atoms with E-state index in [9.17, 15) is 14.0 Å². The van der Waals surface area contributed by atoms with Crippen molar-refractivity contribution in [1.29, 1.82) is 0 Å². The van der Waals surface area contributed by atoms with Crippen molar-refractivity contribution in [3.8, 4) is 0 Å². The number of benzene rings is 1. The highest BCUT2D eigenvalue weighted by Crippen LogP contribution is 2.24. The molecule has 1 amide bonds. The highest BCUT2D eigenvalue weighted by Gasteiger charge is 2.31. The van der Waals surface area contributed by atoms with Gasteiger partial charge in [-0.05, 0) is 38.5 Å². The Labute approximate surface area is 105 Å². The number of hydrogen-bond acceptors (Lipinski definition) is 2. The molecule has 98 valence electrons. The molecule has 0 heterocycles. The molecule has 0 spiro atoms. The maximum atomic E-state index is 13.1. The SMILES string of the molecule is C[C@@H](NC(=O)C(C)(C)c1cccc(F)c1)C(=O)O. The van der Waals surface area contributed by atoms with Crippen LogP contribution >= 0.6 is 0 Å². The van der Waals surface area contributed by atoms with Crippen LogP contribution in [0.25, 0.3) is 0 Å². The van der Waals surface area contributed by atoms with E-state index < -0.39 is 29.2 Å². The molecule has 2 N–H and O–H groups in total. The van der Waals surface area contributed by atoms with E-state index in [1.165, 1.54) is 25.1 Å². The summed E-state index contributed by atoms with van der Waals surface area (Å²) in [5.74, 6) is -2.00. The van der Waals surface area contributed by atoms with Crippen LogP contribution in [0.3, 0.4) is 0 Å². The van der Waals surface area contributed by atoms with E-state index in [2.05, 4.69) is 5.32 Å². The lowest BCUT2D eigenvalue weighted by Crippen LogP contribution is -2.47. The first-order valence-corrected chi connectivity index (χ1v) is 5.55. The molecule has 0 aliphatic rings. The highest BCUT2D eigenvalue weighted by atomic mass is 19.1. The molecule has 0 radical (unpaired) electrons. The smallest absolute Gasteiger partial charge is 0.325 e. The van der Waals surface area contributed by atoms with Crippen LogP contribution in [0.2, 0.25) is 0 Å². The summed E-state index contributed by atoms with van der Waals surface area (Å²) in [5.41, 5.74) is -0.496. The summed E-state index contributed by atoms with van der Waals surface area (Å²) >= 11 is 0. The Morgan fingerprint density at radius 3 is 2.50 bits per heavy atom. The molecule has 4 nitrogen and oxygen atoms in total. The number of hydrogen-bond donors (Lipinski definition) is 2. The third-order valence-electron chi connectivity index (χ3n) is 2.83. The van der Waals surface area contributed by atoms with Gasteiger partial charge in [0.1, 0.15) is 11.9 Å². The minimum atomic E-state index is -1.11. The summed E-state index contributed by atoms with van der Waals surface area (Å²) in [6.07, 6.45) is 0. The fourth-order valence-corrected chi connectivity index (χ4v) is 1.45. The van der Waals surface area contributed by atoms with Crippen molar-refractivity contribution >= 4 is 11.9 Å². The van der Waals surface area contributed by atoms with E-state index in [0.29, 0.717) is 5.56 Å². The molecule has 18 heavy (non-hydrogen) atoms. The minimum Gasteiger partial charge on any atom is -0.480 e. The van der Waals surface area contributed by atoms with E-state index in [-0.39, 0.29) is 0 Å². The van der Waals surface area contributed by atoms with Gasteiger partial charge in [-0.2, -0.15) is 0 Å². The summed E-state index contributed by atoms with van der Waals surface area (Å²) in [5, 5.41) is 11.1. The zero-order chi connectivity index (χ0) is 13.9. The lowest BCUT2D eigenvalue weighted by molar-refractivity contribution is -0.142.